The zero-order valence-electron chi connectivity index (χ0n) is 19.0. The minimum Gasteiger partial charge on any atom is -0.481 e. The zero-order valence-corrected chi connectivity index (χ0v) is 19.0. The van der Waals surface area contributed by atoms with Crippen molar-refractivity contribution in [3.8, 4) is 11.3 Å². The summed E-state index contributed by atoms with van der Waals surface area (Å²) < 4.78 is 15.6. The van der Waals surface area contributed by atoms with Crippen LogP contribution in [-0.4, -0.2) is 43.3 Å². The van der Waals surface area contributed by atoms with E-state index in [9.17, 15) is 19.4 Å². The van der Waals surface area contributed by atoms with Gasteiger partial charge in [0.1, 0.15) is 5.82 Å². The largest absolute Gasteiger partial charge is 0.481 e. The van der Waals surface area contributed by atoms with Crippen LogP contribution in [0.15, 0.2) is 54.6 Å². The van der Waals surface area contributed by atoms with E-state index in [0.717, 1.165) is 28.1 Å². The SMILES string of the molecule is CC(C)c1nn(Cc2ccccc2)c(-c2ccc(F)cc2)c1CC[C@@H](O)C[C@@H](O)CC(=O)O. The molecule has 0 bridgehead atoms. The summed E-state index contributed by atoms with van der Waals surface area (Å²) in [7, 11) is 0. The van der Waals surface area contributed by atoms with E-state index >= 15 is 0 Å². The lowest BCUT2D eigenvalue weighted by molar-refractivity contribution is -0.139. The Balaban J connectivity index is 1.94. The lowest BCUT2D eigenvalue weighted by Crippen LogP contribution is -2.21. The number of benzene rings is 2. The molecular weight excluding hydrogens is 423 g/mol. The summed E-state index contributed by atoms with van der Waals surface area (Å²) in [6.45, 7) is 4.66. The minimum absolute atomic E-state index is 0.00660. The molecule has 0 unspecified atom stereocenters. The van der Waals surface area contributed by atoms with Crippen LogP contribution in [0.1, 0.15) is 55.8 Å². The fraction of sp³-hybridized carbons (Fsp3) is 0.385. The number of aliphatic hydroxyl groups excluding tert-OH is 2. The predicted octanol–water partition coefficient (Wildman–Crippen LogP) is 4.38. The molecule has 3 aromatic rings. The first-order valence-corrected chi connectivity index (χ1v) is 11.2. The van der Waals surface area contributed by atoms with Gasteiger partial charge in [-0.3, -0.25) is 9.48 Å². The molecule has 0 aliphatic carbocycles. The Morgan fingerprint density at radius 3 is 2.30 bits per heavy atom. The summed E-state index contributed by atoms with van der Waals surface area (Å²) in [5.41, 5.74) is 4.67. The van der Waals surface area contributed by atoms with Gasteiger partial charge in [0.2, 0.25) is 0 Å². The average Bonchev–Trinajstić information content (AvgIpc) is 3.11. The van der Waals surface area contributed by atoms with Gasteiger partial charge in [-0.1, -0.05) is 44.2 Å². The van der Waals surface area contributed by atoms with Crippen molar-refractivity contribution in [1.29, 1.82) is 0 Å². The molecule has 0 radical (unpaired) electrons. The van der Waals surface area contributed by atoms with E-state index in [1.807, 2.05) is 35.0 Å². The Hall–Kier alpha value is -3.03. The quantitative estimate of drug-likeness (QED) is 0.400. The van der Waals surface area contributed by atoms with Crippen LogP contribution >= 0.6 is 0 Å². The highest BCUT2D eigenvalue weighted by Gasteiger charge is 2.23. The van der Waals surface area contributed by atoms with Crippen molar-refractivity contribution < 1.29 is 24.5 Å². The van der Waals surface area contributed by atoms with Gasteiger partial charge >= 0.3 is 5.97 Å². The van der Waals surface area contributed by atoms with Gasteiger partial charge in [0, 0.05) is 11.1 Å². The molecule has 7 heteroatoms. The summed E-state index contributed by atoms with van der Waals surface area (Å²) in [5, 5.41) is 34.0. The highest BCUT2D eigenvalue weighted by Crippen LogP contribution is 2.32. The Bertz CT molecular complexity index is 1050. The van der Waals surface area contributed by atoms with Crippen LogP contribution in [-0.2, 0) is 17.8 Å². The number of carbonyl (C=O) groups is 1. The molecule has 0 spiro atoms. The Morgan fingerprint density at radius 2 is 1.70 bits per heavy atom. The van der Waals surface area contributed by atoms with Crippen LogP contribution in [0, 0.1) is 5.82 Å². The van der Waals surface area contributed by atoms with E-state index in [0.29, 0.717) is 19.4 Å². The number of aliphatic carboxylic acids is 1. The number of hydrogen-bond donors (Lipinski definition) is 3. The Labute approximate surface area is 193 Å². The van der Waals surface area contributed by atoms with Crippen LogP contribution in [0.4, 0.5) is 4.39 Å². The highest BCUT2D eigenvalue weighted by molar-refractivity contribution is 5.67. The van der Waals surface area contributed by atoms with Gasteiger partial charge in [0.05, 0.1) is 36.6 Å². The second-order valence-electron chi connectivity index (χ2n) is 8.70. The molecule has 0 amide bonds. The van der Waals surface area contributed by atoms with Crippen LogP contribution in [0.5, 0.6) is 0 Å². The number of rotatable bonds is 11. The minimum atomic E-state index is -1.10. The third-order valence-corrected chi connectivity index (χ3v) is 5.60. The Morgan fingerprint density at radius 1 is 1.03 bits per heavy atom. The maximum atomic E-state index is 13.6. The first-order valence-electron chi connectivity index (χ1n) is 11.2. The molecule has 176 valence electrons. The molecule has 0 fully saturated rings. The average molecular weight is 455 g/mol. The van der Waals surface area contributed by atoms with Crippen LogP contribution in [0.2, 0.25) is 0 Å². The predicted molar refractivity (Wildman–Crippen MR) is 124 cm³/mol. The third kappa shape index (κ3) is 6.73. The Kier molecular flexibility index (Phi) is 8.36. The molecule has 6 nitrogen and oxygen atoms in total. The standard InChI is InChI=1S/C26H31FN2O4/c1-17(2)25-23(13-12-21(30)14-22(31)15-24(32)33)26(19-8-10-20(27)11-9-19)29(28-25)16-18-6-4-3-5-7-18/h3-11,17,21-22,30-31H,12-16H2,1-2H3,(H,32,33)/t21-,22-/m1/s1. The molecule has 0 aliphatic heterocycles. The van der Waals surface area contributed by atoms with Gasteiger partial charge in [-0.2, -0.15) is 5.10 Å². The number of carboxylic acid groups (broad SMARTS) is 1. The van der Waals surface area contributed by atoms with E-state index in [2.05, 4.69) is 13.8 Å². The van der Waals surface area contributed by atoms with Gasteiger partial charge in [-0.05, 0) is 55.0 Å². The first-order chi connectivity index (χ1) is 15.7. The van der Waals surface area contributed by atoms with Crippen LogP contribution < -0.4 is 0 Å². The third-order valence-electron chi connectivity index (χ3n) is 5.60. The van der Waals surface area contributed by atoms with Crippen molar-refractivity contribution in [2.45, 2.75) is 64.2 Å². The molecule has 0 aliphatic rings. The fourth-order valence-electron chi connectivity index (χ4n) is 4.06. The zero-order chi connectivity index (χ0) is 24.0. The van der Waals surface area contributed by atoms with Gasteiger partial charge in [-0.25, -0.2) is 4.39 Å². The molecule has 0 saturated heterocycles. The molecule has 0 saturated carbocycles. The van der Waals surface area contributed by atoms with Gasteiger partial charge in [0.25, 0.3) is 0 Å². The van der Waals surface area contributed by atoms with Crippen molar-refractivity contribution >= 4 is 5.97 Å². The van der Waals surface area contributed by atoms with Gasteiger partial charge in [0.15, 0.2) is 0 Å². The monoisotopic (exact) mass is 454 g/mol. The van der Waals surface area contributed by atoms with Gasteiger partial charge < -0.3 is 15.3 Å². The number of nitrogens with zero attached hydrogens (tertiary/aromatic N) is 2. The summed E-state index contributed by atoms with van der Waals surface area (Å²) in [6.07, 6.45) is -1.51. The summed E-state index contributed by atoms with van der Waals surface area (Å²) in [5.74, 6) is -1.29. The lowest BCUT2D eigenvalue weighted by atomic mass is 9.94. The topological polar surface area (TPSA) is 95.6 Å². The molecule has 3 rings (SSSR count). The lowest BCUT2D eigenvalue weighted by Gasteiger charge is -2.16. The first kappa shape index (κ1) is 24.6. The second kappa shape index (κ2) is 11.2. The van der Waals surface area contributed by atoms with E-state index in [1.165, 1.54) is 12.1 Å². The molecule has 33 heavy (non-hydrogen) atoms. The number of halogens is 1. The van der Waals surface area contributed by atoms with E-state index < -0.39 is 24.6 Å². The maximum Gasteiger partial charge on any atom is 0.305 e. The summed E-state index contributed by atoms with van der Waals surface area (Å²) in [6, 6.07) is 16.3. The maximum absolute atomic E-state index is 13.6. The van der Waals surface area contributed by atoms with E-state index in [-0.39, 0.29) is 18.2 Å². The molecular formula is C26H31FN2O4. The molecule has 1 heterocycles. The molecule has 3 N–H and O–H groups in total. The number of carboxylic acids is 1. The van der Waals surface area contributed by atoms with Crippen molar-refractivity contribution in [1.82, 2.24) is 9.78 Å². The second-order valence-corrected chi connectivity index (χ2v) is 8.70. The smallest absolute Gasteiger partial charge is 0.305 e. The van der Waals surface area contributed by atoms with Gasteiger partial charge in [-0.15, -0.1) is 0 Å². The molecule has 2 atom stereocenters. The number of hydrogen-bond acceptors (Lipinski definition) is 4. The fourth-order valence-corrected chi connectivity index (χ4v) is 4.06. The van der Waals surface area contributed by atoms with E-state index in [1.54, 1.807) is 12.1 Å². The summed E-state index contributed by atoms with van der Waals surface area (Å²) >= 11 is 0. The van der Waals surface area contributed by atoms with Crippen molar-refractivity contribution in [2.75, 3.05) is 0 Å². The molecule has 2 aromatic carbocycles. The van der Waals surface area contributed by atoms with Crippen molar-refractivity contribution in [3.63, 3.8) is 0 Å². The van der Waals surface area contributed by atoms with Crippen LogP contribution in [0.25, 0.3) is 11.3 Å². The molecule has 1 aromatic heterocycles. The van der Waals surface area contributed by atoms with Crippen LogP contribution in [0.3, 0.4) is 0 Å². The van der Waals surface area contributed by atoms with Crippen molar-refractivity contribution in [2.24, 2.45) is 0 Å². The normalized spacial score (nSPS) is 13.3. The van der Waals surface area contributed by atoms with Crippen molar-refractivity contribution in [3.05, 3.63) is 77.2 Å². The summed E-state index contributed by atoms with van der Waals surface area (Å²) in [4.78, 5) is 10.8. The van der Waals surface area contributed by atoms with E-state index in [4.69, 9.17) is 10.2 Å². The highest BCUT2D eigenvalue weighted by atomic mass is 19.1. The number of aromatic nitrogens is 2. The number of aliphatic hydroxyl groups is 2.